The number of ether oxygens (including phenoxy) is 1. The van der Waals surface area contributed by atoms with Crippen molar-refractivity contribution in [2.45, 2.75) is 4.90 Å². The maximum atomic E-state index is 13.2. The number of nitrogens with zero attached hydrogens (tertiary/aromatic N) is 1. The van der Waals surface area contributed by atoms with Crippen LogP contribution >= 0.6 is 0 Å². The molecule has 168 valence electrons. The van der Waals surface area contributed by atoms with E-state index in [4.69, 9.17) is 4.74 Å². The number of benzene rings is 4. The number of fused-ring (bicyclic) bond motifs is 1. The Morgan fingerprint density at radius 3 is 2.15 bits per heavy atom. The second-order valence-electron chi connectivity index (χ2n) is 7.37. The Balaban J connectivity index is 1.38. The first kappa shape index (κ1) is 22.4. The first-order valence-corrected chi connectivity index (χ1v) is 12.0. The summed E-state index contributed by atoms with van der Waals surface area (Å²) in [6.07, 6.45) is 0. The van der Waals surface area contributed by atoms with Crippen LogP contribution in [-0.2, 0) is 14.8 Å². The minimum absolute atomic E-state index is 0.126. The number of carbonyl (C=O) groups excluding carboxylic acids is 1. The summed E-state index contributed by atoms with van der Waals surface area (Å²) in [5, 5.41) is 4.94. The third-order valence-electron chi connectivity index (χ3n) is 5.08. The fourth-order valence-electron chi connectivity index (χ4n) is 3.43. The maximum absolute atomic E-state index is 13.2. The molecule has 0 aliphatic rings. The highest BCUT2D eigenvalue weighted by Gasteiger charge is 2.26. The number of carbonyl (C=O) groups is 1. The molecule has 4 rings (SSSR count). The van der Waals surface area contributed by atoms with Crippen molar-refractivity contribution in [3.05, 3.63) is 103 Å². The first-order valence-electron chi connectivity index (χ1n) is 10.6. The molecule has 0 heterocycles. The van der Waals surface area contributed by atoms with Gasteiger partial charge in [0.25, 0.3) is 10.0 Å². The van der Waals surface area contributed by atoms with Crippen molar-refractivity contribution in [3.8, 4) is 5.75 Å². The second-order valence-corrected chi connectivity index (χ2v) is 9.23. The number of amides is 1. The largest absolute Gasteiger partial charge is 0.492 e. The molecule has 0 unspecified atom stereocenters. The Hall–Kier alpha value is -3.84. The Morgan fingerprint density at radius 1 is 0.788 bits per heavy atom. The van der Waals surface area contributed by atoms with Gasteiger partial charge >= 0.3 is 0 Å². The van der Waals surface area contributed by atoms with E-state index in [0.717, 1.165) is 15.1 Å². The van der Waals surface area contributed by atoms with Crippen molar-refractivity contribution in [1.82, 2.24) is 5.32 Å². The number of para-hydroxylation sites is 1. The van der Waals surface area contributed by atoms with E-state index in [-0.39, 0.29) is 24.6 Å². The van der Waals surface area contributed by atoms with Gasteiger partial charge in [0.1, 0.15) is 18.9 Å². The molecule has 6 nitrogen and oxygen atoms in total. The second kappa shape index (κ2) is 10.2. The fourth-order valence-corrected chi connectivity index (χ4v) is 4.87. The van der Waals surface area contributed by atoms with Gasteiger partial charge in [-0.25, -0.2) is 8.42 Å². The van der Waals surface area contributed by atoms with E-state index in [1.807, 2.05) is 42.5 Å². The van der Waals surface area contributed by atoms with Crippen LogP contribution in [0.2, 0.25) is 0 Å². The van der Waals surface area contributed by atoms with Gasteiger partial charge in [0.2, 0.25) is 5.91 Å². The molecule has 0 atom stereocenters. The third kappa shape index (κ3) is 5.51. The van der Waals surface area contributed by atoms with Crippen LogP contribution < -0.4 is 14.4 Å². The van der Waals surface area contributed by atoms with Crippen LogP contribution in [-0.4, -0.2) is 34.0 Å². The number of hydrogen-bond donors (Lipinski definition) is 1. The van der Waals surface area contributed by atoms with Crippen molar-refractivity contribution < 1.29 is 17.9 Å². The quantitative estimate of drug-likeness (QED) is 0.379. The highest BCUT2D eigenvalue weighted by atomic mass is 32.2. The molecule has 0 aliphatic heterocycles. The van der Waals surface area contributed by atoms with Gasteiger partial charge in [-0.3, -0.25) is 9.10 Å². The first-order chi connectivity index (χ1) is 16.0. The number of sulfonamides is 1. The maximum Gasteiger partial charge on any atom is 0.264 e. The van der Waals surface area contributed by atoms with Gasteiger partial charge in [0.15, 0.2) is 0 Å². The third-order valence-corrected chi connectivity index (χ3v) is 6.86. The lowest BCUT2D eigenvalue weighted by Gasteiger charge is -2.24. The molecule has 4 aromatic rings. The van der Waals surface area contributed by atoms with Gasteiger partial charge in [-0.1, -0.05) is 66.7 Å². The molecule has 0 fully saturated rings. The molecule has 0 aliphatic carbocycles. The summed E-state index contributed by atoms with van der Waals surface area (Å²) >= 11 is 0. The van der Waals surface area contributed by atoms with Crippen molar-refractivity contribution in [1.29, 1.82) is 0 Å². The summed E-state index contributed by atoms with van der Waals surface area (Å²) in [5.41, 5.74) is 0.420. The van der Waals surface area contributed by atoms with Crippen molar-refractivity contribution in [2.75, 3.05) is 24.0 Å². The SMILES string of the molecule is O=C(CN(c1ccccc1)S(=O)(=O)c1ccccc1)NCCOc1ccc2ccccc2c1. The molecule has 0 radical (unpaired) electrons. The highest BCUT2D eigenvalue weighted by Crippen LogP contribution is 2.23. The monoisotopic (exact) mass is 460 g/mol. The molecule has 1 amide bonds. The molecular formula is C26H24N2O4S. The minimum Gasteiger partial charge on any atom is -0.492 e. The number of anilines is 1. The Morgan fingerprint density at radius 2 is 1.42 bits per heavy atom. The van der Waals surface area contributed by atoms with E-state index >= 15 is 0 Å². The van der Waals surface area contributed by atoms with Gasteiger partial charge < -0.3 is 10.1 Å². The van der Waals surface area contributed by atoms with Crippen LogP contribution in [0, 0.1) is 0 Å². The summed E-state index contributed by atoms with van der Waals surface area (Å²) in [7, 11) is -3.90. The summed E-state index contributed by atoms with van der Waals surface area (Å²) in [6.45, 7) is 0.178. The van der Waals surface area contributed by atoms with Crippen LogP contribution in [0.25, 0.3) is 10.8 Å². The molecule has 1 N–H and O–H groups in total. The lowest BCUT2D eigenvalue weighted by atomic mass is 10.1. The summed E-state index contributed by atoms with van der Waals surface area (Å²) < 4.78 is 33.3. The predicted octanol–water partition coefficient (Wildman–Crippen LogP) is 4.23. The number of rotatable bonds is 9. The van der Waals surface area contributed by atoms with E-state index in [2.05, 4.69) is 5.32 Å². The zero-order valence-corrected chi connectivity index (χ0v) is 18.7. The highest BCUT2D eigenvalue weighted by molar-refractivity contribution is 7.92. The Labute approximate surface area is 193 Å². The zero-order chi connectivity index (χ0) is 23.1. The smallest absolute Gasteiger partial charge is 0.264 e. The number of nitrogens with one attached hydrogen (secondary N) is 1. The average Bonchev–Trinajstić information content (AvgIpc) is 2.86. The molecule has 33 heavy (non-hydrogen) atoms. The predicted molar refractivity (Wildman–Crippen MR) is 130 cm³/mol. The van der Waals surface area contributed by atoms with Gasteiger partial charge in [0.05, 0.1) is 17.1 Å². The van der Waals surface area contributed by atoms with Crippen LogP contribution in [0.15, 0.2) is 108 Å². The van der Waals surface area contributed by atoms with E-state index in [1.165, 1.54) is 12.1 Å². The van der Waals surface area contributed by atoms with Gasteiger partial charge in [-0.2, -0.15) is 0 Å². The van der Waals surface area contributed by atoms with Crippen molar-refractivity contribution >= 4 is 32.4 Å². The van der Waals surface area contributed by atoms with E-state index in [0.29, 0.717) is 11.4 Å². The topological polar surface area (TPSA) is 75.7 Å². The Bertz CT molecular complexity index is 1330. The molecule has 0 bridgehead atoms. The van der Waals surface area contributed by atoms with Crippen LogP contribution in [0.3, 0.4) is 0 Å². The molecule has 0 aromatic heterocycles. The summed E-state index contributed by atoms with van der Waals surface area (Å²) in [5.74, 6) is 0.293. The van der Waals surface area contributed by atoms with Crippen LogP contribution in [0.4, 0.5) is 5.69 Å². The summed E-state index contributed by atoms with van der Waals surface area (Å²) in [6, 6.07) is 30.5. The number of hydrogen-bond acceptors (Lipinski definition) is 4. The molecule has 7 heteroatoms. The fraction of sp³-hybridized carbons (Fsp3) is 0.115. The average molecular weight is 461 g/mol. The molecule has 0 spiro atoms. The molecule has 0 saturated carbocycles. The van der Waals surface area contributed by atoms with Crippen molar-refractivity contribution in [3.63, 3.8) is 0 Å². The molecular weight excluding hydrogens is 436 g/mol. The Kier molecular flexibility index (Phi) is 6.90. The van der Waals surface area contributed by atoms with E-state index < -0.39 is 15.9 Å². The zero-order valence-electron chi connectivity index (χ0n) is 17.9. The molecule has 0 saturated heterocycles. The van der Waals surface area contributed by atoms with E-state index in [9.17, 15) is 13.2 Å². The van der Waals surface area contributed by atoms with Crippen LogP contribution in [0.5, 0.6) is 5.75 Å². The normalized spacial score (nSPS) is 11.2. The van der Waals surface area contributed by atoms with Gasteiger partial charge in [-0.15, -0.1) is 0 Å². The lowest BCUT2D eigenvalue weighted by molar-refractivity contribution is -0.119. The van der Waals surface area contributed by atoms with Crippen LogP contribution in [0.1, 0.15) is 0 Å². The lowest BCUT2D eigenvalue weighted by Crippen LogP contribution is -2.41. The van der Waals surface area contributed by atoms with E-state index in [1.54, 1.807) is 48.5 Å². The minimum atomic E-state index is -3.90. The van der Waals surface area contributed by atoms with Crippen molar-refractivity contribution in [2.24, 2.45) is 0 Å². The molecule has 4 aromatic carbocycles. The van der Waals surface area contributed by atoms with Gasteiger partial charge in [0, 0.05) is 0 Å². The standard InChI is InChI=1S/C26H24N2O4S/c29-26(27-17-18-32-24-16-15-21-9-7-8-10-22(21)19-24)20-28(23-11-3-1-4-12-23)33(30,31)25-13-5-2-6-14-25/h1-16,19H,17-18,20H2,(H,27,29). The summed E-state index contributed by atoms with van der Waals surface area (Å²) in [4.78, 5) is 12.7. The van der Waals surface area contributed by atoms with Gasteiger partial charge in [-0.05, 0) is 47.2 Å².